The number of methoxy groups -OCH3 is 1. The van der Waals surface area contributed by atoms with Gasteiger partial charge >= 0.3 is 5.97 Å². The smallest absolute Gasteiger partial charge is 0.326 e. The number of rotatable bonds is 4. The number of benzene rings is 1. The molecule has 1 N–H and O–H groups in total. The Labute approximate surface area is 146 Å². The van der Waals surface area contributed by atoms with Crippen molar-refractivity contribution >= 4 is 17.8 Å². The van der Waals surface area contributed by atoms with Gasteiger partial charge in [0.15, 0.2) is 0 Å². The first-order valence-electron chi connectivity index (χ1n) is 8.25. The zero-order chi connectivity index (χ0) is 18.4. The normalized spacial score (nSPS) is 31.2. The Balaban J connectivity index is 2.03. The lowest BCUT2D eigenvalue weighted by molar-refractivity contribution is -0.155. The van der Waals surface area contributed by atoms with Gasteiger partial charge in [-0.3, -0.25) is 24.6 Å². The van der Waals surface area contributed by atoms with Gasteiger partial charge in [-0.05, 0) is 31.5 Å². The zero-order valence-electron chi connectivity index (χ0n) is 14.7. The monoisotopic (exact) mass is 346 g/mol. The molecule has 2 saturated heterocycles. The van der Waals surface area contributed by atoms with Crippen LogP contribution in [-0.2, 0) is 19.1 Å². The number of carbonyl (C=O) groups is 3. The summed E-state index contributed by atoms with van der Waals surface area (Å²) in [4.78, 5) is 39.0. The van der Waals surface area contributed by atoms with E-state index >= 15 is 0 Å². The first-order valence-corrected chi connectivity index (χ1v) is 8.25. The average molecular weight is 346 g/mol. The maximum absolute atomic E-state index is 12.7. The van der Waals surface area contributed by atoms with E-state index in [1.807, 2.05) is 12.1 Å². The average Bonchev–Trinajstić information content (AvgIpc) is 3.05. The van der Waals surface area contributed by atoms with Crippen molar-refractivity contribution in [3.8, 4) is 5.75 Å². The number of nitrogens with one attached hydrogen (secondary N) is 1. The lowest BCUT2D eigenvalue weighted by atomic mass is 9.80. The van der Waals surface area contributed by atoms with Gasteiger partial charge in [-0.2, -0.15) is 0 Å². The molecule has 0 aliphatic carbocycles. The van der Waals surface area contributed by atoms with Crippen molar-refractivity contribution < 1.29 is 23.9 Å². The summed E-state index contributed by atoms with van der Waals surface area (Å²) >= 11 is 0. The fourth-order valence-corrected chi connectivity index (χ4v) is 3.85. The van der Waals surface area contributed by atoms with Gasteiger partial charge in [-0.25, -0.2) is 0 Å². The summed E-state index contributed by atoms with van der Waals surface area (Å²) in [5.74, 6) is -1.88. The van der Waals surface area contributed by atoms with Gasteiger partial charge in [0, 0.05) is 13.1 Å². The molecule has 1 aromatic rings. The number of carbonyl (C=O) groups excluding carboxylic acids is 3. The molecule has 134 valence electrons. The van der Waals surface area contributed by atoms with Crippen LogP contribution < -0.4 is 10.1 Å². The summed E-state index contributed by atoms with van der Waals surface area (Å²) < 4.78 is 10.3. The Hall–Kier alpha value is -2.41. The lowest BCUT2D eigenvalue weighted by Gasteiger charge is -2.28. The van der Waals surface area contributed by atoms with E-state index in [0.29, 0.717) is 5.75 Å². The summed E-state index contributed by atoms with van der Waals surface area (Å²) in [5, 5.41) is 3.21. The van der Waals surface area contributed by atoms with Gasteiger partial charge in [0.05, 0.1) is 25.6 Å². The van der Waals surface area contributed by atoms with Gasteiger partial charge in [0.25, 0.3) is 0 Å². The third-order valence-electron chi connectivity index (χ3n) is 5.18. The van der Waals surface area contributed by atoms with Crippen LogP contribution >= 0.6 is 0 Å². The van der Waals surface area contributed by atoms with Crippen LogP contribution in [0, 0.1) is 11.8 Å². The number of amides is 2. The van der Waals surface area contributed by atoms with Crippen molar-refractivity contribution in [2.45, 2.75) is 25.4 Å². The van der Waals surface area contributed by atoms with Crippen LogP contribution in [0.3, 0.4) is 0 Å². The van der Waals surface area contributed by atoms with E-state index in [-0.39, 0.29) is 18.4 Å². The molecule has 7 heteroatoms. The first kappa shape index (κ1) is 17.4. The maximum Gasteiger partial charge on any atom is 0.326 e. The van der Waals surface area contributed by atoms with Crippen molar-refractivity contribution in [1.82, 2.24) is 10.2 Å². The Morgan fingerprint density at radius 3 is 2.44 bits per heavy atom. The molecule has 1 aromatic carbocycles. The summed E-state index contributed by atoms with van der Waals surface area (Å²) in [6, 6.07) is 6.79. The molecule has 2 aliphatic rings. The number of fused-ring (bicyclic) bond motifs is 1. The van der Waals surface area contributed by atoms with Crippen LogP contribution in [0.4, 0.5) is 0 Å². The highest BCUT2D eigenvalue weighted by molar-refractivity contribution is 6.09. The topological polar surface area (TPSA) is 84.9 Å². The number of hydrogen-bond acceptors (Lipinski definition) is 6. The standard InChI is InChI=1S/C18H22N2O5/c1-5-25-17(23)18(2)13-12(15(21)20(3)16(13)22)14(19-18)10-6-8-11(24-4)9-7-10/h6-9,12-14,19H,5H2,1-4H3/t12-,13-,14-,18+/m0/s1. The third kappa shape index (κ3) is 2.50. The molecule has 0 aromatic heterocycles. The molecule has 0 unspecified atom stereocenters. The molecule has 4 atom stereocenters. The Kier molecular flexibility index (Phi) is 4.28. The van der Waals surface area contributed by atoms with Gasteiger partial charge < -0.3 is 9.47 Å². The maximum atomic E-state index is 12.7. The van der Waals surface area contributed by atoms with Gasteiger partial charge in [-0.1, -0.05) is 12.1 Å². The molecule has 7 nitrogen and oxygen atoms in total. The van der Waals surface area contributed by atoms with Crippen LogP contribution in [-0.4, -0.2) is 49.0 Å². The number of hydrogen-bond donors (Lipinski definition) is 1. The van der Waals surface area contributed by atoms with E-state index in [1.54, 1.807) is 33.1 Å². The molecule has 3 rings (SSSR count). The van der Waals surface area contributed by atoms with Gasteiger partial charge in [-0.15, -0.1) is 0 Å². The molecule has 0 bridgehead atoms. The number of likely N-dealkylation sites (tertiary alicyclic amines) is 1. The second-order valence-electron chi connectivity index (χ2n) is 6.56. The summed E-state index contributed by atoms with van der Waals surface area (Å²) in [7, 11) is 3.03. The van der Waals surface area contributed by atoms with Crippen molar-refractivity contribution in [1.29, 1.82) is 0 Å². The number of imide groups is 1. The predicted octanol–water partition coefficient (Wildman–Crippen LogP) is 0.892. The van der Waals surface area contributed by atoms with Crippen LogP contribution in [0.1, 0.15) is 25.5 Å². The predicted molar refractivity (Wildman–Crippen MR) is 88.7 cm³/mol. The minimum atomic E-state index is -1.25. The molecule has 2 fully saturated rings. The minimum Gasteiger partial charge on any atom is -0.497 e. The quantitative estimate of drug-likeness (QED) is 0.644. The highest BCUT2D eigenvalue weighted by atomic mass is 16.5. The third-order valence-corrected chi connectivity index (χ3v) is 5.18. The van der Waals surface area contributed by atoms with Crippen molar-refractivity contribution in [2.75, 3.05) is 20.8 Å². The van der Waals surface area contributed by atoms with E-state index in [1.165, 1.54) is 7.05 Å². The highest BCUT2D eigenvalue weighted by Gasteiger charge is 2.66. The zero-order valence-corrected chi connectivity index (χ0v) is 14.7. The molecule has 0 radical (unpaired) electrons. The van der Waals surface area contributed by atoms with Crippen molar-refractivity contribution in [3.05, 3.63) is 29.8 Å². The molecule has 25 heavy (non-hydrogen) atoms. The van der Waals surface area contributed by atoms with E-state index < -0.39 is 29.4 Å². The largest absolute Gasteiger partial charge is 0.497 e. The molecule has 2 aliphatic heterocycles. The summed E-state index contributed by atoms with van der Waals surface area (Å²) in [5.41, 5.74) is -0.428. The lowest BCUT2D eigenvalue weighted by Crippen LogP contribution is -2.53. The fraction of sp³-hybridized carbons (Fsp3) is 0.500. The molecular formula is C18H22N2O5. The van der Waals surface area contributed by atoms with Gasteiger partial charge in [0.1, 0.15) is 11.3 Å². The second kappa shape index (κ2) is 6.15. The molecular weight excluding hydrogens is 324 g/mol. The molecule has 2 amide bonds. The van der Waals surface area contributed by atoms with E-state index in [4.69, 9.17) is 9.47 Å². The molecule has 0 saturated carbocycles. The summed E-state index contributed by atoms with van der Waals surface area (Å²) in [6.45, 7) is 3.55. The van der Waals surface area contributed by atoms with Crippen molar-refractivity contribution in [3.63, 3.8) is 0 Å². The fourth-order valence-electron chi connectivity index (χ4n) is 3.85. The van der Waals surface area contributed by atoms with Gasteiger partial charge in [0.2, 0.25) is 11.8 Å². The first-order chi connectivity index (χ1) is 11.8. The molecule has 2 heterocycles. The summed E-state index contributed by atoms with van der Waals surface area (Å²) in [6.07, 6.45) is 0. The Morgan fingerprint density at radius 1 is 1.24 bits per heavy atom. The minimum absolute atomic E-state index is 0.207. The van der Waals surface area contributed by atoms with E-state index in [2.05, 4.69) is 5.32 Å². The second-order valence-corrected chi connectivity index (χ2v) is 6.56. The van der Waals surface area contributed by atoms with Crippen LogP contribution in [0.25, 0.3) is 0 Å². The van der Waals surface area contributed by atoms with Crippen LogP contribution in [0.5, 0.6) is 5.75 Å². The number of ether oxygens (including phenoxy) is 2. The highest BCUT2D eigenvalue weighted by Crippen LogP contribution is 2.48. The van der Waals surface area contributed by atoms with Crippen LogP contribution in [0.2, 0.25) is 0 Å². The van der Waals surface area contributed by atoms with Crippen LogP contribution in [0.15, 0.2) is 24.3 Å². The Bertz CT molecular complexity index is 717. The van der Waals surface area contributed by atoms with E-state index in [9.17, 15) is 14.4 Å². The number of esters is 1. The Morgan fingerprint density at radius 2 is 1.88 bits per heavy atom. The van der Waals surface area contributed by atoms with Crippen molar-refractivity contribution in [2.24, 2.45) is 11.8 Å². The van der Waals surface area contributed by atoms with E-state index in [0.717, 1.165) is 10.5 Å². The molecule has 0 spiro atoms. The SMILES string of the molecule is CCOC(=O)[C@]1(C)N[C@@H](c2ccc(OC)cc2)[C@H]2C(=O)N(C)C(=O)[C@H]21. The number of nitrogens with zero attached hydrogens (tertiary/aromatic N) is 1.